The van der Waals surface area contributed by atoms with Gasteiger partial charge < -0.3 is 0 Å². The van der Waals surface area contributed by atoms with Gasteiger partial charge >= 0.3 is 0 Å². The van der Waals surface area contributed by atoms with Gasteiger partial charge in [0.15, 0.2) is 4.34 Å². The summed E-state index contributed by atoms with van der Waals surface area (Å²) in [7, 11) is -3.76. The normalized spacial score (nSPS) is 12.6. The number of thiophene rings is 1. The minimum Gasteiger partial charge on any atom is -0.258 e. The molecule has 120 valence electrons. The molecule has 21 heavy (non-hydrogen) atoms. The van der Waals surface area contributed by atoms with Crippen molar-refractivity contribution in [2.75, 3.05) is 13.1 Å². The molecular formula is C12H19ClN2O4S2. The second-order valence-corrected chi connectivity index (χ2v) is 9.41. The van der Waals surface area contributed by atoms with Crippen molar-refractivity contribution < 1.29 is 13.3 Å². The minimum absolute atomic E-state index is 0.0829. The number of halogens is 1. The van der Waals surface area contributed by atoms with E-state index in [1.54, 1.807) is 0 Å². The number of sulfonamides is 1. The summed E-state index contributed by atoms with van der Waals surface area (Å²) < 4.78 is 26.5. The molecule has 0 aliphatic rings. The molecule has 0 spiro atoms. The third kappa shape index (κ3) is 4.64. The Morgan fingerprint density at radius 3 is 2.10 bits per heavy atom. The molecule has 0 aliphatic carbocycles. The Labute approximate surface area is 133 Å². The fourth-order valence-corrected chi connectivity index (χ4v) is 5.39. The summed E-state index contributed by atoms with van der Waals surface area (Å²) in [5, 5.41) is 10.8. The second-order valence-electron chi connectivity index (χ2n) is 5.59. The molecule has 0 saturated carbocycles. The van der Waals surface area contributed by atoms with Crippen LogP contribution in [0.2, 0.25) is 4.34 Å². The van der Waals surface area contributed by atoms with Crippen molar-refractivity contribution >= 4 is 38.6 Å². The monoisotopic (exact) mass is 354 g/mol. The molecule has 0 aromatic carbocycles. The number of nitrogens with zero attached hydrogens (tertiary/aromatic N) is 2. The van der Waals surface area contributed by atoms with Crippen LogP contribution < -0.4 is 0 Å². The maximum Gasteiger partial charge on any atom is 0.300 e. The zero-order chi connectivity index (χ0) is 16.4. The summed E-state index contributed by atoms with van der Waals surface area (Å²) in [5.74, 6) is 0.313. The number of hydrogen-bond acceptors (Lipinski definition) is 5. The molecule has 6 nitrogen and oxygen atoms in total. The lowest BCUT2D eigenvalue weighted by Gasteiger charge is -2.24. The van der Waals surface area contributed by atoms with E-state index in [2.05, 4.69) is 0 Å². The van der Waals surface area contributed by atoms with Gasteiger partial charge in [-0.15, -0.1) is 11.3 Å². The summed E-state index contributed by atoms with van der Waals surface area (Å²) >= 11 is 6.48. The molecule has 0 fully saturated rings. The van der Waals surface area contributed by atoms with Crippen LogP contribution in [0.1, 0.15) is 27.7 Å². The van der Waals surface area contributed by atoms with Gasteiger partial charge in [0.05, 0.1) is 4.92 Å². The van der Waals surface area contributed by atoms with E-state index in [0.717, 1.165) is 17.4 Å². The SMILES string of the molecule is CC(C)CN(CC(C)C)S(=O)(=O)c1cc([N+](=O)[O-])c(Cl)s1. The molecule has 1 rings (SSSR count). The van der Waals surface area contributed by atoms with Crippen molar-refractivity contribution in [1.82, 2.24) is 4.31 Å². The van der Waals surface area contributed by atoms with Gasteiger partial charge in [0.25, 0.3) is 15.7 Å². The van der Waals surface area contributed by atoms with E-state index in [1.165, 1.54) is 4.31 Å². The topological polar surface area (TPSA) is 80.5 Å². The van der Waals surface area contributed by atoms with Crippen molar-refractivity contribution in [3.63, 3.8) is 0 Å². The lowest BCUT2D eigenvalue weighted by atomic mass is 10.2. The summed E-state index contributed by atoms with van der Waals surface area (Å²) in [6.07, 6.45) is 0. The molecule has 0 atom stereocenters. The maximum atomic E-state index is 12.6. The molecule has 0 saturated heterocycles. The first-order valence-electron chi connectivity index (χ1n) is 6.49. The van der Waals surface area contributed by atoms with Crippen molar-refractivity contribution in [3.05, 3.63) is 20.5 Å². The van der Waals surface area contributed by atoms with Gasteiger partial charge in [-0.2, -0.15) is 4.31 Å². The third-order valence-electron chi connectivity index (χ3n) is 2.57. The molecular weight excluding hydrogens is 336 g/mol. The predicted molar refractivity (Wildman–Crippen MR) is 84.4 cm³/mol. The average molecular weight is 355 g/mol. The largest absolute Gasteiger partial charge is 0.300 e. The summed E-state index contributed by atoms with van der Waals surface area (Å²) in [6.45, 7) is 8.42. The van der Waals surface area contributed by atoms with Crippen LogP contribution >= 0.6 is 22.9 Å². The average Bonchev–Trinajstić information content (AvgIpc) is 2.70. The third-order valence-corrected chi connectivity index (χ3v) is 6.19. The number of hydrogen-bond donors (Lipinski definition) is 0. The van der Waals surface area contributed by atoms with Gasteiger partial charge in [0, 0.05) is 19.2 Å². The Bertz CT molecular complexity index is 601. The Balaban J connectivity index is 3.21. The highest BCUT2D eigenvalue weighted by atomic mass is 35.5. The van der Waals surface area contributed by atoms with Crippen molar-refractivity contribution in [1.29, 1.82) is 0 Å². The first-order valence-corrected chi connectivity index (χ1v) is 9.13. The molecule has 0 N–H and O–H groups in total. The lowest BCUT2D eigenvalue weighted by molar-refractivity contribution is -0.384. The Hall–Kier alpha value is -0.700. The Morgan fingerprint density at radius 1 is 1.29 bits per heavy atom. The van der Waals surface area contributed by atoms with E-state index in [-0.39, 0.29) is 26.1 Å². The summed E-state index contributed by atoms with van der Waals surface area (Å²) in [6, 6.07) is 1.04. The molecule has 0 radical (unpaired) electrons. The van der Waals surface area contributed by atoms with Crippen LogP contribution in [-0.4, -0.2) is 30.7 Å². The van der Waals surface area contributed by atoms with Gasteiger partial charge in [-0.25, -0.2) is 8.42 Å². The van der Waals surface area contributed by atoms with Crippen LogP contribution in [0.25, 0.3) is 0 Å². The highest BCUT2D eigenvalue weighted by Gasteiger charge is 2.31. The van der Waals surface area contributed by atoms with Crippen LogP contribution in [0, 0.1) is 22.0 Å². The summed E-state index contributed by atoms with van der Waals surface area (Å²) in [4.78, 5) is 10.1. The van der Waals surface area contributed by atoms with Crippen LogP contribution in [0.4, 0.5) is 5.69 Å². The van der Waals surface area contributed by atoms with Gasteiger partial charge in [0.2, 0.25) is 0 Å². The quantitative estimate of drug-likeness (QED) is 0.553. The van der Waals surface area contributed by atoms with E-state index in [0.29, 0.717) is 13.1 Å². The molecule has 0 unspecified atom stereocenters. The predicted octanol–water partition coefficient (Wildman–Crippen LogP) is 3.61. The zero-order valence-corrected chi connectivity index (χ0v) is 14.8. The van der Waals surface area contributed by atoms with Crippen LogP contribution in [0.5, 0.6) is 0 Å². The first kappa shape index (κ1) is 18.3. The smallest absolute Gasteiger partial charge is 0.258 e. The van der Waals surface area contributed by atoms with E-state index >= 15 is 0 Å². The fourth-order valence-electron chi connectivity index (χ4n) is 1.80. The highest BCUT2D eigenvalue weighted by Crippen LogP contribution is 2.37. The zero-order valence-electron chi connectivity index (χ0n) is 12.4. The van der Waals surface area contributed by atoms with Crippen molar-refractivity contribution in [2.45, 2.75) is 31.9 Å². The van der Waals surface area contributed by atoms with E-state index in [4.69, 9.17) is 11.6 Å². The van der Waals surface area contributed by atoms with E-state index in [1.807, 2.05) is 27.7 Å². The fraction of sp³-hybridized carbons (Fsp3) is 0.667. The standard InChI is InChI=1S/C12H19ClN2O4S2/c1-8(2)6-14(7-9(3)4)21(18,19)11-5-10(15(16)17)12(13)20-11/h5,8-9H,6-7H2,1-4H3. The van der Waals surface area contributed by atoms with E-state index < -0.39 is 14.9 Å². The molecule has 9 heteroatoms. The number of nitro groups is 1. The highest BCUT2D eigenvalue weighted by molar-refractivity contribution is 7.91. The second kappa shape index (κ2) is 7.04. The van der Waals surface area contributed by atoms with Gasteiger partial charge in [-0.1, -0.05) is 39.3 Å². The van der Waals surface area contributed by atoms with Crippen LogP contribution in [0.15, 0.2) is 10.3 Å². The molecule has 1 aromatic heterocycles. The molecule has 0 amide bonds. The number of rotatable bonds is 7. The van der Waals surface area contributed by atoms with Crippen molar-refractivity contribution in [2.24, 2.45) is 11.8 Å². The van der Waals surface area contributed by atoms with Gasteiger partial charge in [0.1, 0.15) is 4.21 Å². The molecule has 1 heterocycles. The van der Waals surface area contributed by atoms with Crippen LogP contribution in [-0.2, 0) is 10.0 Å². The maximum absolute atomic E-state index is 12.6. The molecule has 0 aliphatic heterocycles. The minimum atomic E-state index is -3.76. The Morgan fingerprint density at radius 2 is 1.76 bits per heavy atom. The van der Waals surface area contributed by atoms with Gasteiger partial charge in [-0.3, -0.25) is 10.1 Å². The molecule has 0 bridgehead atoms. The van der Waals surface area contributed by atoms with Crippen LogP contribution in [0.3, 0.4) is 0 Å². The first-order chi connectivity index (χ1) is 9.55. The lowest BCUT2D eigenvalue weighted by Crippen LogP contribution is -2.36. The molecule has 1 aromatic rings. The summed E-state index contributed by atoms with van der Waals surface area (Å²) in [5.41, 5.74) is -0.366. The Kier molecular flexibility index (Phi) is 6.15. The van der Waals surface area contributed by atoms with E-state index in [9.17, 15) is 18.5 Å². The van der Waals surface area contributed by atoms with Gasteiger partial charge in [-0.05, 0) is 11.8 Å². The van der Waals surface area contributed by atoms with Crippen molar-refractivity contribution in [3.8, 4) is 0 Å².